The summed E-state index contributed by atoms with van der Waals surface area (Å²) in [5.41, 5.74) is 1.61. The second kappa shape index (κ2) is 9.39. The summed E-state index contributed by atoms with van der Waals surface area (Å²) in [5.74, 6) is -0.852. The maximum atomic E-state index is 12.8. The van der Waals surface area contributed by atoms with Gasteiger partial charge in [0, 0.05) is 30.6 Å². The molecule has 6 nitrogen and oxygen atoms in total. The van der Waals surface area contributed by atoms with Crippen LogP contribution in [0.15, 0.2) is 48.5 Å². The lowest BCUT2D eigenvalue weighted by molar-refractivity contribution is -0.114. The van der Waals surface area contributed by atoms with Gasteiger partial charge in [0.05, 0.1) is 13.2 Å². The molecule has 25 heavy (non-hydrogen) atoms. The highest BCUT2D eigenvalue weighted by Crippen LogP contribution is 2.11. The van der Waals surface area contributed by atoms with E-state index in [4.69, 9.17) is 4.74 Å². The van der Waals surface area contributed by atoms with Gasteiger partial charge in [-0.1, -0.05) is 6.07 Å². The Kier molecular flexibility index (Phi) is 6.91. The van der Waals surface area contributed by atoms with E-state index < -0.39 is 0 Å². The Labute approximate surface area is 145 Å². The SMILES string of the molecule is COCCNC(=O)c1cccc(NC(=O)CNc2ccc(F)cc2)c1. The zero-order valence-corrected chi connectivity index (χ0v) is 13.8. The van der Waals surface area contributed by atoms with Crippen molar-refractivity contribution in [3.8, 4) is 0 Å². The van der Waals surface area contributed by atoms with Gasteiger partial charge in [-0.2, -0.15) is 0 Å². The predicted molar refractivity (Wildman–Crippen MR) is 94.2 cm³/mol. The minimum Gasteiger partial charge on any atom is -0.383 e. The highest BCUT2D eigenvalue weighted by molar-refractivity contribution is 5.98. The van der Waals surface area contributed by atoms with E-state index in [0.717, 1.165) is 0 Å². The van der Waals surface area contributed by atoms with Gasteiger partial charge in [0.25, 0.3) is 5.91 Å². The van der Waals surface area contributed by atoms with E-state index >= 15 is 0 Å². The molecule has 0 bridgehead atoms. The summed E-state index contributed by atoms with van der Waals surface area (Å²) in [5, 5.41) is 8.31. The van der Waals surface area contributed by atoms with Gasteiger partial charge >= 0.3 is 0 Å². The Hall–Kier alpha value is -2.93. The molecule has 7 heteroatoms. The third kappa shape index (κ3) is 6.23. The number of halogens is 1. The fourth-order valence-electron chi connectivity index (χ4n) is 2.06. The van der Waals surface area contributed by atoms with Crippen molar-refractivity contribution in [1.29, 1.82) is 0 Å². The quantitative estimate of drug-likeness (QED) is 0.641. The minimum absolute atomic E-state index is 0.0237. The number of nitrogens with one attached hydrogen (secondary N) is 3. The second-order valence-corrected chi connectivity index (χ2v) is 5.24. The molecule has 2 amide bonds. The van der Waals surface area contributed by atoms with Gasteiger partial charge in [-0.3, -0.25) is 9.59 Å². The maximum absolute atomic E-state index is 12.8. The van der Waals surface area contributed by atoms with Crippen LogP contribution in [0.2, 0.25) is 0 Å². The molecule has 2 rings (SSSR count). The molecule has 0 atom stereocenters. The number of carbonyl (C=O) groups is 2. The molecule has 0 aliphatic rings. The molecule has 2 aromatic carbocycles. The van der Waals surface area contributed by atoms with E-state index in [1.165, 1.54) is 12.1 Å². The number of benzene rings is 2. The van der Waals surface area contributed by atoms with E-state index in [1.807, 2.05) is 0 Å². The molecule has 0 saturated heterocycles. The number of methoxy groups -OCH3 is 1. The zero-order chi connectivity index (χ0) is 18.1. The van der Waals surface area contributed by atoms with E-state index in [0.29, 0.717) is 30.1 Å². The van der Waals surface area contributed by atoms with Crippen LogP contribution in [0.5, 0.6) is 0 Å². The first-order chi connectivity index (χ1) is 12.1. The van der Waals surface area contributed by atoms with Gasteiger partial charge in [0.15, 0.2) is 0 Å². The van der Waals surface area contributed by atoms with Gasteiger partial charge in [0.2, 0.25) is 5.91 Å². The van der Waals surface area contributed by atoms with Crippen LogP contribution in [0.4, 0.5) is 15.8 Å². The Balaban J connectivity index is 1.86. The average Bonchev–Trinajstić information content (AvgIpc) is 2.61. The van der Waals surface area contributed by atoms with E-state index in [2.05, 4.69) is 16.0 Å². The number of hydrogen-bond donors (Lipinski definition) is 3. The Morgan fingerprint density at radius 3 is 2.56 bits per heavy atom. The van der Waals surface area contributed by atoms with Crippen LogP contribution in [0, 0.1) is 5.82 Å². The van der Waals surface area contributed by atoms with Gasteiger partial charge in [-0.05, 0) is 42.5 Å². The Bertz CT molecular complexity index is 720. The van der Waals surface area contributed by atoms with Crippen LogP contribution in [0.1, 0.15) is 10.4 Å². The highest BCUT2D eigenvalue weighted by atomic mass is 19.1. The molecule has 0 aromatic heterocycles. The molecule has 0 aliphatic carbocycles. The Morgan fingerprint density at radius 1 is 1.08 bits per heavy atom. The monoisotopic (exact) mass is 345 g/mol. The largest absolute Gasteiger partial charge is 0.383 e. The molecular weight excluding hydrogens is 325 g/mol. The van der Waals surface area contributed by atoms with Crippen molar-refractivity contribution in [2.45, 2.75) is 0 Å². The van der Waals surface area contributed by atoms with Gasteiger partial charge < -0.3 is 20.7 Å². The summed E-state index contributed by atoms with van der Waals surface area (Å²) < 4.78 is 17.7. The summed E-state index contributed by atoms with van der Waals surface area (Å²) in [4.78, 5) is 24.0. The highest BCUT2D eigenvalue weighted by Gasteiger charge is 2.07. The Morgan fingerprint density at radius 2 is 1.84 bits per heavy atom. The first-order valence-corrected chi connectivity index (χ1v) is 7.75. The fourth-order valence-corrected chi connectivity index (χ4v) is 2.06. The molecule has 0 radical (unpaired) electrons. The third-order valence-electron chi connectivity index (χ3n) is 3.30. The van der Waals surface area contributed by atoms with Crippen LogP contribution in [-0.2, 0) is 9.53 Å². The molecule has 0 aliphatic heterocycles. The standard InChI is InChI=1S/C18H20FN3O3/c1-25-10-9-20-18(24)13-3-2-4-16(11-13)22-17(23)12-21-15-7-5-14(19)6-8-15/h2-8,11,21H,9-10,12H2,1H3,(H,20,24)(H,22,23). The molecule has 3 N–H and O–H groups in total. The van der Waals surface area contributed by atoms with Crippen molar-refractivity contribution in [2.24, 2.45) is 0 Å². The lowest BCUT2D eigenvalue weighted by atomic mass is 10.2. The lowest BCUT2D eigenvalue weighted by Crippen LogP contribution is -2.27. The summed E-state index contributed by atoms with van der Waals surface area (Å²) >= 11 is 0. The summed E-state index contributed by atoms with van der Waals surface area (Å²) in [7, 11) is 1.56. The number of carbonyl (C=O) groups excluding carboxylic acids is 2. The molecular formula is C18H20FN3O3. The van der Waals surface area contributed by atoms with Crippen LogP contribution in [-0.4, -0.2) is 38.6 Å². The summed E-state index contributed by atoms with van der Waals surface area (Å²) in [6, 6.07) is 12.4. The summed E-state index contributed by atoms with van der Waals surface area (Å²) in [6.07, 6.45) is 0. The number of rotatable bonds is 8. The third-order valence-corrected chi connectivity index (χ3v) is 3.30. The summed E-state index contributed by atoms with van der Waals surface area (Å²) in [6.45, 7) is 0.862. The normalized spacial score (nSPS) is 10.2. The smallest absolute Gasteiger partial charge is 0.251 e. The van der Waals surface area contributed by atoms with Crippen molar-refractivity contribution in [3.05, 3.63) is 59.9 Å². The molecule has 0 spiro atoms. The number of ether oxygens (including phenoxy) is 1. The maximum Gasteiger partial charge on any atom is 0.251 e. The number of amides is 2. The van der Waals surface area contributed by atoms with Crippen molar-refractivity contribution in [2.75, 3.05) is 37.4 Å². The van der Waals surface area contributed by atoms with E-state index in [9.17, 15) is 14.0 Å². The topological polar surface area (TPSA) is 79.5 Å². The van der Waals surface area contributed by atoms with Crippen molar-refractivity contribution in [1.82, 2.24) is 5.32 Å². The van der Waals surface area contributed by atoms with Gasteiger partial charge in [0.1, 0.15) is 5.82 Å². The molecule has 132 valence electrons. The molecule has 0 saturated carbocycles. The van der Waals surface area contributed by atoms with Crippen LogP contribution >= 0.6 is 0 Å². The van der Waals surface area contributed by atoms with Gasteiger partial charge in [-0.15, -0.1) is 0 Å². The lowest BCUT2D eigenvalue weighted by Gasteiger charge is -2.09. The molecule has 0 fully saturated rings. The first kappa shape index (κ1) is 18.4. The van der Waals surface area contributed by atoms with Gasteiger partial charge in [-0.25, -0.2) is 4.39 Å². The van der Waals surface area contributed by atoms with Crippen LogP contribution in [0.3, 0.4) is 0 Å². The first-order valence-electron chi connectivity index (χ1n) is 7.75. The number of hydrogen-bond acceptors (Lipinski definition) is 4. The zero-order valence-electron chi connectivity index (χ0n) is 13.8. The fraction of sp³-hybridized carbons (Fsp3) is 0.222. The minimum atomic E-state index is -0.337. The second-order valence-electron chi connectivity index (χ2n) is 5.24. The van der Waals surface area contributed by atoms with E-state index in [-0.39, 0.29) is 24.2 Å². The molecule has 0 heterocycles. The van der Waals surface area contributed by atoms with Crippen LogP contribution in [0.25, 0.3) is 0 Å². The van der Waals surface area contributed by atoms with Crippen molar-refractivity contribution in [3.63, 3.8) is 0 Å². The average molecular weight is 345 g/mol. The van der Waals surface area contributed by atoms with E-state index in [1.54, 1.807) is 43.5 Å². The molecule has 2 aromatic rings. The van der Waals surface area contributed by atoms with Crippen molar-refractivity contribution >= 4 is 23.2 Å². The number of anilines is 2. The molecule has 0 unspecified atom stereocenters. The predicted octanol–water partition coefficient (Wildman–Crippen LogP) is 2.25. The van der Waals surface area contributed by atoms with Crippen molar-refractivity contribution < 1.29 is 18.7 Å². The van der Waals surface area contributed by atoms with Crippen LogP contribution < -0.4 is 16.0 Å².